The third-order valence-electron chi connectivity index (χ3n) is 4.01. The molecule has 0 aromatic rings. The Morgan fingerprint density at radius 2 is 2.21 bits per heavy atom. The number of aliphatic hydroxyl groups excluding tert-OH is 1. The predicted molar refractivity (Wildman–Crippen MR) is 83.9 cm³/mol. The Labute approximate surface area is 122 Å². The molecular weight excluding hydrogens is 258 g/mol. The molecule has 0 spiro atoms. The molecule has 1 fully saturated rings. The van der Waals surface area contributed by atoms with Crippen molar-refractivity contribution in [3.8, 4) is 0 Å². The molecule has 0 saturated carbocycles. The van der Waals surface area contributed by atoms with Gasteiger partial charge in [0.15, 0.2) is 0 Å². The maximum atomic E-state index is 9.69. The summed E-state index contributed by atoms with van der Waals surface area (Å²) in [6.07, 6.45) is 4.78. The van der Waals surface area contributed by atoms with Crippen LogP contribution in [0.15, 0.2) is 0 Å². The quantitative estimate of drug-likeness (QED) is 0.641. The molecule has 3 unspecified atom stereocenters. The minimum Gasteiger partial charge on any atom is -0.394 e. The summed E-state index contributed by atoms with van der Waals surface area (Å²) in [5, 5.41) is 13.9. The topological polar surface area (TPSA) is 41.5 Å². The third kappa shape index (κ3) is 5.62. The van der Waals surface area contributed by atoms with Gasteiger partial charge >= 0.3 is 0 Å². The molecule has 4 heteroatoms. The molecular formula is C15H31NO2S. The second-order valence-corrected chi connectivity index (χ2v) is 7.32. The first-order valence-corrected chi connectivity index (χ1v) is 8.69. The molecule has 1 aliphatic heterocycles. The van der Waals surface area contributed by atoms with E-state index in [1.807, 2.05) is 11.8 Å². The lowest BCUT2D eigenvalue weighted by Crippen LogP contribution is -2.51. The molecule has 2 N–H and O–H groups in total. The summed E-state index contributed by atoms with van der Waals surface area (Å²) in [6, 6.07) is 0.419. The summed E-state index contributed by atoms with van der Waals surface area (Å²) >= 11 is 2.04. The van der Waals surface area contributed by atoms with E-state index < -0.39 is 0 Å². The highest BCUT2D eigenvalue weighted by Crippen LogP contribution is 2.28. The molecule has 114 valence electrons. The normalized spacial score (nSPS) is 26.8. The molecule has 0 bridgehead atoms. The number of ether oxygens (including phenoxy) is 1. The summed E-state index contributed by atoms with van der Waals surface area (Å²) < 4.78 is 5.59. The van der Waals surface area contributed by atoms with Crippen LogP contribution in [0, 0.1) is 0 Å². The van der Waals surface area contributed by atoms with Gasteiger partial charge in [0.2, 0.25) is 0 Å². The molecule has 19 heavy (non-hydrogen) atoms. The van der Waals surface area contributed by atoms with E-state index in [0.29, 0.717) is 17.4 Å². The van der Waals surface area contributed by atoms with E-state index in [1.165, 1.54) is 12.2 Å². The Kier molecular flexibility index (Phi) is 7.73. The maximum absolute atomic E-state index is 9.69. The van der Waals surface area contributed by atoms with E-state index in [2.05, 4.69) is 33.0 Å². The summed E-state index contributed by atoms with van der Waals surface area (Å²) in [5.74, 6) is 1.17. The Hall–Kier alpha value is 0.230. The number of rotatable bonds is 9. The standard InChI is InChI=1S/C15H31NO2S/c1-5-15(11-17,16-12(2)3)8-6-10-19-14-7-9-18-13(14)4/h12-14,16-17H,5-11H2,1-4H3. The van der Waals surface area contributed by atoms with Gasteiger partial charge in [-0.25, -0.2) is 0 Å². The van der Waals surface area contributed by atoms with Crippen molar-refractivity contribution in [3.63, 3.8) is 0 Å². The van der Waals surface area contributed by atoms with Gasteiger partial charge in [0.05, 0.1) is 12.7 Å². The lowest BCUT2D eigenvalue weighted by molar-refractivity contribution is 0.127. The fourth-order valence-corrected chi connectivity index (χ4v) is 4.00. The molecule has 3 nitrogen and oxygen atoms in total. The highest BCUT2D eigenvalue weighted by Gasteiger charge is 2.28. The van der Waals surface area contributed by atoms with Crippen LogP contribution in [0.2, 0.25) is 0 Å². The summed E-state index contributed by atoms with van der Waals surface area (Å²) in [7, 11) is 0. The lowest BCUT2D eigenvalue weighted by Gasteiger charge is -2.34. The van der Waals surface area contributed by atoms with Crippen LogP contribution in [-0.2, 0) is 4.74 Å². The number of nitrogens with one attached hydrogen (secondary N) is 1. The highest BCUT2D eigenvalue weighted by molar-refractivity contribution is 7.99. The molecule has 0 aliphatic carbocycles. The van der Waals surface area contributed by atoms with Crippen molar-refractivity contribution in [1.82, 2.24) is 5.32 Å². The Bertz CT molecular complexity index is 244. The first kappa shape index (κ1) is 17.3. The van der Waals surface area contributed by atoms with Crippen molar-refractivity contribution in [1.29, 1.82) is 0 Å². The van der Waals surface area contributed by atoms with Gasteiger partial charge in [0.25, 0.3) is 0 Å². The molecule has 0 aromatic carbocycles. The van der Waals surface area contributed by atoms with Gasteiger partial charge in [0, 0.05) is 23.4 Å². The third-order valence-corrected chi connectivity index (χ3v) is 5.58. The molecule has 0 amide bonds. The minimum absolute atomic E-state index is 0.0908. The lowest BCUT2D eigenvalue weighted by atomic mass is 9.91. The van der Waals surface area contributed by atoms with Crippen LogP contribution in [0.1, 0.15) is 53.4 Å². The van der Waals surface area contributed by atoms with E-state index in [0.717, 1.165) is 25.9 Å². The van der Waals surface area contributed by atoms with Gasteiger partial charge in [-0.2, -0.15) is 11.8 Å². The minimum atomic E-state index is -0.0908. The van der Waals surface area contributed by atoms with Crippen molar-refractivity contribution in [2.24, 2.45) is 0 Å². The van der Waals surface area contributed by atoms with E-state index in [-0.39, 0.29) is 12.1 Å². The predicted octanol–water partition coefficient (Wildman–Crippen LogP) is 2.82. The second-order valence-electron chi connectivity index (χ2n) is 5.97. The van der Waals surface area contributed by atoms with Gasteiger partial charge in [-0.1, -0.05) is 20.8 Å². The van der Waals surface area contributed by atoms with Gasteiger partial charge in [0.1, 0.15) is 0 Å². The van der Waals surface area contributed by atoms with Crippen LogP contribution in [0.25, 0.3) is 0 Å². The monoisotopic (exact) mass is 289 g/mol. The highest BCUT2D eigenvalue weighted by atomic mass is 32.2. The smallest absolute Gasteiger partial charge is 0.0666 e. The van der Waals surface area contributed by atoms with E-state index in [9.17, 15) is 5.11 Å². The summed E-state index contributed by atoms with van der Waals surface area (Å²) in [6.45, 7) is 9.78. The Morgan fingerprint density at radius 3 is 2.68 bits per heavy atom. The average Bonchev–Trinajstić information content (AvgIpc) is 2.78. The van der Waals surface area contributed by atoms with Crippen molar-refractivity contribution in [2.75, 3.05) is 19.0 Å². The summed E-state index contributed by atoms with van der Waals surface area (Å²) in [4.78, 5) is 0. The Morgan fingerprint density at radius 1 is 1.47 bits per heavy atom. The summed E-state index contributed by atoms with van der Waals surface area (Å²) in [5.41, 5.74) is -0.0908. The van der Waals surface area contributed by atoms with Crippen LogP contribution < -0.4 is 5.32 Å². The number of aliphatic hydroxyl groups is 1. The van der Waals surface area contributed by atoms with Crippen LogP contribution in [-0.4, -0.2) is 47.0 Å². The van der Waals surface area contributed by atoms with Crippen molar-refractivity contribution >= 4 is 11.8 Å². The van der Waals surface area contributed by atoms with E-state index >= 15 is 0 Å². The Balaban J connectivity index is 2.27. The number of thioether (sulfide) groups is 1. The molecule has 0 radical (unpaired) electrons. The fourth-order valence-electron chi connectivity index (χ4n) is 2.78. The van der Waals surface area contributed by atoms with Gasteiger partial charge in [-0.15, -0.1) is 0 Å². The molecule has 1 heterocycles. The van der Waals surface area contributed by atoms with Gasteiger partial charge in [-0.05, 0) is 38.4 Å². The molecule has 0 aromatic heterocycles. The van der Waals surface area contributed by atoms with Crippen molar-refractivity contribution < 1.29 is 9.84 Å². The second kappa shape index (κ2) is 8.50. The number of hydrogen-bond donors (Lipinski definition) is 2. The zero-order chi connectivity index (χ0) is 14.3. The average molecular weight is 289 g/mol. The molecule has 1 aliphatic rings. The maximum Gasteiger partial charge on any atom is 0.0666 e. The van der Waals surface area contributed by atoms with E-state index in [4.69, 9.17) is 4.74 Å². The van der Waals surface area contributed by atoms with Crippen molar-refractivity contribution in [3.05, 3.63) is 0 Å². The zero-order valence-electron chi connectivity index (χ0n) is 12.9. The van der Waals surface area contributed by atoms with Crippen molar-refractivity contribution in [2.45, 2.75) is 76.3 Å². The largest absolute Gasteiger partial charge is 0.394 e. The fraction of sp³-hybridized carbons (Fsp3) is 1.00. The van der Waals surface area contributed by atoms with Crippen LogP contribution in [0.5, 0.6) is 0 Å². The SMILES string of the molecule is CCC(CO)(CCCSC1CCOC1C)NC(C)C. The van der Waals surface area contributed by atoms with Gasteiger partial charge < -0.3 is 15.2 Å². The first-order valence-electron chi connectivity index (χ1n) is 7.65. The zero-order valence-corrected chi connectivity index (χ0v) is 13.8. The first-order chi connectivity index (χ1) is 9.03. The molecule has 1 saturated heterocycles. The number of hydrogen-bond acceptors (Lipinski definition) is 4. The van der Waals surface area contributed by atoms with Gasteiger partial charge in [-0.3, -0.25) is 0 Å². The van der Waals surface area contributed by atoms with Crippen LogP contribution in [0.3, 0.4) is 0 Å². The van der Waals surface area contributed by atoms with Crippen LogP contribution in [0.4, 0.5) is 0 Å². The van der Waals surface area contributed by atoms with Crippen LogP contribution >= 0.6 is 11.8 Å². The van der Waals surface area contributed by atoms with E-state index in [1.54, 1.807) is 0 Å². The molecule has 3 atom stereocenters. The molecule has 1 rings (SSSR count).